The summed E-state index contributed by atoms with van der Waals surface area (Å²) in [5.74, 6) is 1.11. The van der Waals surface area contributed by atoms with Crippen molar-refractivity contribution >= 4 is 16.9 Å². The van der Waals surface area contributed by atoms with Crippen LogP contribution in [0.5, 0.6) is 5.75 Å². The molecule has 3 heterocycles. The minimum Gasteiger partial charge on any atom is -0.490 e. The van der Waals surface area contributed by atoms with Crippen LogP contribution in [0.2, 0.25) is 0 Å². The average molecular weight is 287 g/mol. The van der Waals surface area contributed by atoms with Crippen LogP contribution in [0.1, 0.15) is 23.4 Å². The van der Waals surface area contributed by atoms with Crippen molar-refractivity contribution in [2.45, 2.75) is 18.9 Å². The van der Waals surface area contributed by atoms with Gasteiger partial charge in [0, 0.05) is 19.2 Å². The van der Waals surface area contributed by atoms with E-state index in [1.165, 1.54) is 0 Å². The third-order valence-electron chi connectivity index (χ3n) is 3.95. The maximum Gasteiger partial charge on any atom is 0.289 e. The van der Waals surface area contributed by atoms with Crippen LogP contribution in [0, 0.1) is 0 Å². The second-order valence-electron chi connectivity index (χ2n) is 5.54. The van der Waals surface area contributed by atoms with E-state index in [-0.39, 0.29) is 12.0 Å². The first kappa shape index (κ1) is 12.7. The Balaban J connectivity index is 1.61. The summed E-state index contributed by atoms with van der Waals surface area (Å²) < 4.78 is 16.6. The van der Waals surface area contributed by atoms with Crippen LogP contribution in [0.4, 0.5) is 0 Å². The van der Waals surface area contributed by atoms with Crippen LogP contribution in [-0.2, 0) is 4.74 Å². The lowest BCUT2D eigenvalue weighted by molar-refractivity contribution is 0.0763. The molecule has 1 aromatic carbocycles. The molecule has 0 saturated carbocycles. The zero-order chi connectivity index (χ0) is 14.2. The number of amides is 1. The van der Waals surface area contributed by atoms with Crippen LogP contribution in [0.3, 0.4) is 0 Å². The lowest BCUT2D eigenvalue weighted by atomic mass is 10.2. The Morgan fingerprint density at radius 3 is 2.90 bits per heavy atom. The summed E-state index contributed by atoms with van der Waals surface area (Å²) in [6.07, 6.45) is 2.35. The normalized spacial score (nSPS) is 21.0. The van der Waals surface area contributed by atoms with E-state index in [4.69, 9.17) is 13.9 Å². The van der Waals surface area contributed by atoms with Crippen molar-refractivity contribution in [2.24, 2.45) is 0 Å². The second kappa shape index (κ2) is 5.07. The van der Waals surface area contributed by atoms with Crippen molar-refractivity contribution in [3.8, 4) is 5.75 Å². The minimum absolute atomic E-state index is 0.0276. The molecular weight excluding hydrogens is 270 g/mol. The molecule has 110 valence electrons. The van der Waals surface area contributed by atoms with E-state index >= 15 is 0 Å². The largest absolute Gasteiger partial charge is 0.490 e. The van der Waals surface area contributed by atoms with Crippen molar-refractivity contribution in [3.05, 3.63) is 30.0 Å². The van der Waals surface area contributed by atoms with Crippen molar-refractivity contribution in [3.63, 3.8) is 0 Å². The molecule has 1 amide bonds. The van der Waals surface area contributed by atoms with Gasteiger partial charge < -0.3 is 18.8 Å². The number of nitrogens with zero attached hydrogens (tertiary/aromatic N) is 1. The average Bonchev–Trinajstić information content (AvgIpc) is 3.02. The molecule has 2 aromatic rings. The van der Waals surface area contributed by atoms with Gasteiger partial charge in [0.25, 0.3) is 5.91 Å². The van der Waals surface area contributed by atoms with Crippen LogP contribution >= 0.6 is 0 Å². The van der Waals surface area contributed by atoms with Crippen LogP contribution in [0.15, 0.2) is 28.7 Å². The molecular formula is C16H17NO4. The van der Waals surface area contributed by atoms with Gasteiger partial charge in [-0.2, -0.15) is 0 Å². The predicted octanol–water partition coefficient (Wildman–Crippen LogP) is 2.45. The van der Waals surface area contributed by atoms with E-state index in [0.29, 0.717) is 18.0 Å². The molecule has 5 nitrogen and oxygen atoms in total. The number of benzene rings is 1. The zero-order valence-electron chi connectivity index (χ0n) is 11.7. The fourth-order valence-corrected chi connectivity index (χ4v) is 2.69. The molecule has 2 saturated heterocycles. The van der Waals surface area contributed by atoms with Crippen molar-refractivity contribution in [2.75, 3.05) is 26.3 Å². The Morgan fingerprint density at radius 2 is 2.14 bits per heavy atom. The van der Waals surface area contributed by atoms with E-state index in [0.717, 1.165) is 43.7 Å². The molecule has 0 aliphatic carbocycles. The predicted molar refractivity (Wildman–Crippen MR) is 76.6 cm³/mol. The number of likely N-dealkylation sites (tertiary alicyclic amines) is 1. The smallest absolute Gasteiger partial charge is 0.289 e. The van der Waals surface area contributed by atoms with Gasteiger partial charge in [0.1, 0.15) is 24.0 Å². The van der Waals surface area contributed by atoms with Crippen LogP contribution in [0.25, 0.3) is 11.0 Å². The summed E-state index contributed by atoms with van der Waals surface area (Å²) in [7, 11) is 0. The Labute approximate surface area is 122 Å². The van der Waals surface area contributed by atoms with Crippen molar-refractivity contribution < 1.29 is 18.7 Å². The van der Waals surface area contributed by atoms with Gasteiger partial charge in [0.15, 0.2) is 5.76 Å². The Bertz CT molecular complexity index is 668. The number of hydrogen-bond donors (Lipinski definition) is 0. The molecule has 0 N–H and O–H groups in total. The van der Waals surface area contributed by atoms with Gasteiger partial charge in [-0.1, -0.05) is 6.07 Å². The first-order valence-corrected chi connectivity index (χ1v) is 7.37. The number of carbonyl (C=O) groups is 1. The standard InChI is InChI=1S/C16H17NO4/c18-16(17-6-1-2-7-17)15-8-12-13(20-10-11-9-19-11)4-3-5-14(12)21-15/h3-5,8,11H,1-2,6-7,9-10H2. The van der Waals surface area contributed by atoms with E-state index in [1.54, 1.807) is 6.07 Å². The topological polar surface area (TPSA) is 55.2 Å². The Morgan fingerprint density at radius 1 is 1.33 bits per heavy atom. The number of epoxide rings is 1. The van der Waals surface area contributed by atoms with E-state index in [2.05, 4.69) is 0 Å². The molecule has 1 atom stereocenters. The number of hydrogen-bond acceptors (Lipinski definition) is 4. The number of furan rings is 1. The summed E-state index contributed by atoms with van der Waals surface area (Å²) >= 11 is 0. The molecule has 1 aromatic heterocycles. The highest BCUT2D eigenvalue weighted by Crippen LogP contribution is 2.30. The number of ether oxygens (including phenoxy) is 2. The van der Waals surface area contributed by atoms with Gasteiger partial charge in [-0.15, -0.1) is 0 Å². The molecule has 2 aliphatic heterocycles. The summed E-state index contributed by atoms with van der Waals surface area (Å²) in [4.78, 5) is 14.2. The molecule has 2 fully saturated rings. The summed E-state index contributed by atoms with van der Waals surface area (Å²) in [5, 5.41) is 0.848. The van der Waals surface area contributed by atoms with E-state index in [9.17, 15) is 4.79 Å². The lowest BCUT2D eigenvalue weighted by Gasteiger charge is -2.12. The third-order valence-corrected chi connectivity index (χ3v) is 3.95. The van der Waals surface area contributed by atoms with Gasteiger partial charge in [0.05, 0.1) is 12.0 Å². The summed E-state index contributed by atoms with van der Waals surface area (Å²) in [5.41, 5.74) is 0.687. The highest BCUT2D eigenvalue weighted by Gasteiger charge is 2.25. The molecule has 0 radical (unpaired) electrons. The number of carbonyl (C=O) groups excluding carboxylic acids is 1. The monoisotopic (exact) mass is 287 g/mol. The fourth-order valence-electron chi connectivity index (χ4n) is 2.69. The SMILES string of the molecule is O=C(c1cc2c(OCC3CO3)cccc2o1)N1CCCC1. The van der Waals surface area contributed by atoms with Gasteiger partial charge in [-0.3, -0.25) is 4.79 Å². The lowest BCUT2D eigenvalue weighted by Crippen LogP contribution is -2.27. The van der Waals surface area contributed by atoms with Gasteiger partial charge in [-0.25, -0.2) is 0 Å². The van der Waals surface area contributed by atoms with E-state index < -0.39 is 0 Å². The molecule has 5 heteroatoms. The highest BCUT2D eigenvalue weighted by atomic mass is 16.6. The first-order valence-electron chi connectivity index (χ1n) is 7.37. The van der Waals surface area contributed by atoms with Gasteiger partial charge in [-0.05, 0) is 25.0 Å². The maximum atomic E-state index is 12.4. The molecule has 21 heavy (non-hydrogen) atoms. The summed E-state index contributed by atoms with van der Waals surface area (Å²) in [6.45, 7) is 2.94. The third kappa shape index (κ3) is 2.49. The second-order valence-corrected chi connectivity index (χ2v) is 5.54. The quantitative estimate of drug-likeness (QED) is 0.810. The highest BCUT2D eigenvalue weighted by molar-refractivity contribution is 5.97. The fraction of sp³-hybridized carbons (Fsp3) is 0.438. The van der Waals surface area contributed by atoms with Gasteiger partial charge in [0.2, 0.25) is 0 Å². The Hall–Kier alpha value is -2.01. The minimum atomic E-state index is -0.0276. The Kier molecular flexibility index (Phi) is 3.07. The maximum absolute atomic E-state index is 12.4. The molecule has 2 aliphatic rings. The molecule has 1 unspecified atom stereocenters. The van der Waals surface area contributed by atoms with Crippen LogP contribution < -0.4 is 4.74 Å². The molecule has 0 bridgehead atoms. The summed E-state index contributed by atoms with van der Waals surface area (Å²) in [6, 6.07) is 7.42. The molecule has 0 spiro atoms. The zero-order valence-corrected chi connectivity index (χ0v) is 11.7. The van der Waals surface area contributed by atoms with Crippen molar-refractivity contribution in [1.29, 1.82) is 0 Å². The number of rotatable bonds is 4. The van der Waals surface area contributed by atoms with Crippen molar-refractivity contribution in [1.82, 2.24) is 4.90 Å². The van der Waals surface area contributed by atoms with E-state index in [1.807, 2.05) is 23.1 Å². The molecule has 4 rings (SSSR count). The van der Waals surface area contributed by atoms with Crippen LogP contribution in [-0.4, -0.2) is 43.2 Å². The van der Waals surface area contributed by atoms with Gasteiger partial charge >= 0.3 is 0 Å². The number of fused-ring (bicyclic) bond motifs is 1. The first-order chi connectivity index (χ1) is 10.3.